The highest BCUT2D eigenvalue weighted by Gasteiger charge is 2.27. The van der Waals surface area contributed by atoms with E-state index in [4.69, 9.17) is 21.1 Å². The zero-order valence-corrected chi connectivity index (χ0v) is 24.0. The SMILES string of the molecule is COc1ccc(S(=O)(=O)N(CC(=O)N/N=C\c2ccc(OCC(=O)Nc3cccc(Cl)c3)cc2)c2ccccc2)cc1. The smallest absolute Gasteiger partial charge is 0.264 e. The number of benzene rings is 4. The van der Waals surface area contributed by atoms with Crippen LogP contribution in [-0.4, -0.2) is 46.7 Å². The summed E-state index contributed by atoms with van der Waals surface area (Å²) in [7, 11) is -2.59. The molecule has 12 heteroatoms. The van der Waals surface area contributed by atoms with E-state index < -0.39 is 22.5 Å². The number of anilines is 2. The summed E-state index contributed by atoms with van der Waals surface area (Å²) in [5, 5.41) is 7.15. The lowest BCUT2D eigenvalue weighted by Crippen LogP contribution is -2.39. The lowest BCUT2D eigenvalue weighted by Gasteiger charge is -2.23. The van der Waals surface area contributed by atoms with Crippen molar-refractivity contribution in [3.63, 3.8) is 0 Å². The number of rotatable bonds is 12. The van der Waals surface area contributed by atoms with Gasteiger partial charge in [-0.1, -0.05) is 35.9 Å². The topological polar surface area (TPSA) is 126 Å². The van der Waals surface area contributed by atoms with Gasteiger partial charge in [-0.05, 0) is 84.4 Å². The minimum Gasteiger partial charge on any atom is -0.497 e. The van der Waals surface area contributed by atoms with E-state index >= 15 is 0 Å². The summed E-state index contributed by atoms with van der Waals surface area (Å²) in [4.78, 5) is 24.9. The number of hydrogen-bond donors (Lipinski definition) is 2. The highest BCUT2D eigenvalue weighted by Crippen LogP contribution is 2.25. The van der Waals surface area contributed by atoms with Crippen molar-refractivity contribution in [2.24, 2.45) is 5.10 Å². The first-order valence-electron chi connectivity index (χ1n) is 12.6. The van der Waals surface area contributed by atoms with Crippen LogP contribution in [0.25, 0.3) is 0 Å². The van der Waals surface area contributed by atoms with Crippen molar-refractivity contribution in [3.05, 3.63) is 114 Å². The highest BCUT2D eigenvalue weighted by atomic mass is 35.5. The van der Waals surface area contributed by atoms with E-state index in [-0.39, 0.29) is 17.4 Å². The largest absolute Gasteiger partial charge is 0.497 e. The molecule has 0 unspecified atom stereocenters. The number of ether oxygens (including phenoxy) is 2. The molecule has 2 N–H and O–H groups in total. The third-order valence-electron chi connectivity index (χ3n) is 5.74. The maximum Gasteiger partial charge on any atom is 0.264 e. The Balaban J connectivity index is 1.33. The second kappa shape index (κ2) is 14.2. The molecular formula is C30H27ClN4O6S. The van der Waals surface area contributed by atoms with Gasteiger partial charge in [0.1, 0.15) is 18.0 Å². The molecule has 0 fully saturated rings. The second-order valence-corrected chi connectivity index (χ2v) is 11.0. The zero-order valence-electron chi connectivity index (χ0n) is 22.4. The number of nitrogens with zero attached hydrogens (tertiary/aromatic N) is 2. The Morgan fingerprint density at radius 1 is 0.881 bits per heavy atom. The first kappa shape index (κ1) is 30.1. The van der Waals surface area contributed by atoms with Gasteiger partial charge in [0, 0.05) is 10.7 Å². The fourth-order valence-corrected chi connectivity index (χ4v) is 5.30. The van der Waals surface area contributed by atoms with Gasteiger partial charge >= 0.3 is 0 Å². The molecule has 0 aliphatic carbocycles. The number of sulfonamides is 1. The minimum atomic E-state index is -4.07. The molecule has 0 aliphatic rings. The van der Waals surface area contributed by atoms with Gasteiger partial charge in [-0.15, -0.1) is 0 Å². The maximum atomic E-state index is 13.4. The van der Waals surface area contributed by atoms with Crippen LogP contribution in [0.4, 0.5) is 11.4 Å². The fraction of sp³-hybridized carbons (Fsp3) is 0.100. The Morgan fingerprint density at radius 2 is 1.57 bits per heavy atom. The number of hydrazone groups is 1. The number of carbonyl (C=O) groups is 2. The molecule has 2 amide bonds. The van der Waals surface area contributed by atoms with Crippen LogP contribution in [0.15, 0.2) is 113 Å². The van der Waals surface area contributed by atoms with Crippen molar-refractivity contribution < 1.29 is 27.5 Å². The van der Waals surface area contributed by atoms with Crippen LogP contribution in [0.2, 0.25) is 5.02 Å². The standard InChI is InChI=1S/C30H27ClN4O6S/c1-40-26-14-16-28(17-15-26)42(38,39)35(25-8-3-2-4-9-25)20-29(36)34-32-19-22-10-12-27(13-11-22)41-21-30(37)33-24-7-5-6-23(31)18-24/h2-19H,20-21H2,1H3,(H,33,37)(H,34,36)/b32-19-. The number of para-hydroxylation sites is 1. The molecule has 0 saturated carbocycles. The molecule has 216 valence electrons. The molecule has 4 aromatic rings. The van der Waals surface area contributed by atoms with Crippen molar-refractivity contribution in [2.75, 3.05) is 29.9 Å². The summed E-state index contributed by atoms with van der Waals surface area (Å²) in [6.07, 6.45) is 1.40. The summed E-state index contributed by atoms with van der Waals surface area (Å²) >= 11 is 5.92. The predicted molar refractivity (Wildman–Crippen MR) is 162 cm³/mol. The maximum absolute atomic E-state index is 13.4. The van der Waals surface area contributed by atoms with Gasteiger partial charge in [-0.25, -0.2) is 13.8 Å². The summed E-state index contributed by atoms with van der Waals surface area (Å²) < 4.78 is 38.5. The Bertz CT molecular complexity index is 1650. The summed E-state index contributed by atoms with van der Waals surface area (Å²) in [6.45, 7) is -0.701. The highest BCUT2D eigenvalue weighted by molar-refractivity contribution is 7.92. The monoisotopic (exact) mass is 606 g/mol. The minimum absolute atomic E-state index is 0.00714. The third kappa shape index (κ3) is 8.32. The van der Waals surface area contributed by atoms with Gasteiger partial charge in [-0.2, -0.15) is 5.10 Å². The Kier molecular flexibility index (Phi) is 10.1. The van der Waals surface area contributed by atoms with Crippen molar-refractivity contribution in [1.82, 2.24) is 5.43 Å². The van der Waals surface area contributed by atoms with E-state index in [1.807, 2.05) is 0 Å². The molecule has 0 aromatic heterocycles. The lowest BCUT2D eigenvalue weighted by atomic mass is 10.2. The Labute approximate surface area is 248 Å². The quantitative estimate of drug-likeness (QED) is 0.178. The van der Waals surface area contributed by atoms with E-state index in [1.54, 1.807) is 78.9 Å². The van der Waals surface area contributed by atoms with E-state index in [0.717, 1.165) is 4.31 Å². The Morgan fingerprint density at radius 3 is 2.24 bits per heavy atom. The number of methoxy groups -OCH3 is 1. The molecule has 42 heavy (non-hydrogen) atoms. The molecule has 0 atom stereocenters. The van der Waals surface area contributed by atoms with Gasteiger partial charge in [0.25, 0.3) is 21.8 Å². The number of nitrogens with one attached hydrogen (secondary N) is 2. The van der Waals surface area contributed by atoms with Gasteiger partial charge in [0.2, 0.25) is 0 Å². The van der Waals surface area contributed by atoms with Crippen LogP contribution in [0.5, 0.6) is 11.5 Å². The number of amides is 2. The van der Waals surface area contributed by atoms with Crippen LogP contribution < -0.4 is 24.5 Å². The van der Waals surface area contributed by atoms with E-state index in [2.05, 4.69) is 15.8 Å². The van der Waals surface area contributed by atoms with Crippen LogP contribution in [0.1, 0.15) is 5.56 Å². The average molecular weight is 607 g/mol. The molecule has 0 aliphatic heterocycles. The van der Waals surface area contributed by atoms with Gasteiger partial charge in [0.15, 0.2) is 6.61 Å². The van der Waals surface area contributed by atoms with Crippen molar-refractivity contribution in [3.8, 4) is 11.5 Å². The lowest BCUT2D eigenvalue weighted by molar-refractivity contribution is -0.119. The second-order valence-electron chi connectivity index (χ2n) is 8.73. The summed E-state index contributed by atoms with van der Waals surface area (Å²) in [5.74, 6) is -0.0205. The summed E-state index contributed by atoms with van der Waals surface area (Å²) in [6, 6.07) is 27.7. The summed E-state index contributed by atoms with van der Waals surface area (Å²) in [5.41, 5.74) is 3.89. The van der Waals surface area contributed by atoms with Crippen molar-refractivity contribution in [2.45, 2.75) is 4.90 Å². The molecule has 0 spiro atoms. The van der Waals surface area contributed by atoms with Gasteiger partial charge in [-0.3, -0.25) is 13.9 Å². The van der Waals surface area contributed by atoms with Crippen LogP contribution >= 0.6 is 11.6 Å². The van der Waals surface area contributed by atoms with Crippen LogP contribution in [0, 0.1) is 0 Å². The number of halogens is 1. The van der Waals surface area contributed by atoms with Crippen LogP contribution in [0.3, 0.4) is 0 Å². The molecule has 0 bridgehead atoms. The molecule has 10 nitrogen and oxygen atoms in total. The Hall–Kier alpha value is -4.87. The fourth-order valence-electron chi connectivity index (χ4n) is 3.69. The number of hydrogen-bond acceptors (Lipinski definition) is 7. The third-order valence-corrected chi connectivity index (χ3v) is 7.76. The van der Waals surface area contributed by atoms with Gasteiger partial charge < -0.3 is 14.8 Å². The molecular weight excluding hydrogens is 580 g/mol. The van der Waals surface area contributed by atoms with Crippen molar-refractivity contribution in [1.29, 1.82) is 0 Å². The predicted octanol–water partition coefficient (Wildman–Crippen LogP) is 4.71. The van der Waals surface area contributed by atoms with Crippen LogP contribution in [-0.2, 0) is 19.6 Å². The molecule has 0 radical (unpaired) electrons. The number of carbonyl (C=O) groups excluding carboxylic acids is 2. The zero-order chi connectivity index (χ0) is 30.0. The average Bonchev–Trinajstić information content (AvgIpc) is 3.00. The van der Waals surface area contributed by atoms with E-state index in [1.165, 1.54) is 37.6 Å². The normalized spacial score (nSPS) is 11.1. The molecule has 4 rings (SSSR count). The first-order chi connectivity index (χ1) is 20.2. The van der Waals surface area contributed by atoms with Gasteiger partial charge in [0.05, 0.1) is 23.9 Å². The molecule has 4 aromatic carbocycles. The first-order valence-corrected chi connectivity index (χ1v) is 14.4. The van der Waals surface area contributed by atoms with Crippen molar-refractivity contribution >= 4 is 51.0 Å². The molecule has 0 heterocycles. The van der Waals surface area contributed by atoms with E-state index in [9.17, 15) is 18.0 Å². The van der Waals surface area contributed by atoms with E-state index in [0.29, 0.717) is 33.5 Å². The molecule has 0 saturated heterocycles.